The Bertz CT molecular complexity index is 564. The zero-order valence-corrected chi connectivity index (χ0v) is 14.1. The fourth-order valence-corrected chi connectivity index (χ4v) is 3.86. The normalized spacial score (nSPS) is 22.2. The highest BCUT2D eigenvalue weighted by Gasteiger charge is 2.32. The molecule has 1 atom stereocenters. The fourth-order valence-electron chi connectivity index (χ4n) is 2.97. The van der Waals surface area contributed by atoms with Crippen molar-refractivity contribution in [2.45, 2.75) is 12.5 Å². The number of rotatable bonds is 4. The molecule has 23 heavy (non-hydrogen) atoms. The van der Waals surface area contributed by atoms with E-state index in [1.807, 2.05) is 18.8 Å². The standard InChI is InChI=1S/C16H22FN3O2S/c1-18-10-13-11-20(16(21)22-13)12-3-4-15(14(17)9-12)19-5-2-7-23-8-6-19/h3-4,9,13,18H,2,5-8,10-11H2,1H3. The van der Waals surface area contributed by atoms with E-state index in [-0.39, 0.29) is 11.9 Å². The van der Waals surface area contributed by atoms with E-state index in [1.54, 1.807) is 12.1 Å². The summed E-state index contributed by atoms with van der Waals surface area (Å²) in [6, 6.07) is 5.02. The second-order valence-electron chi connectivity index (χ2n) is 5.76. The van der Waals surface area contributed by atoms with Gasteiger partial charge in [-0.15, -0.1) is 0 Å². The van der Waals surface area contributed by atoms with Crippen LogP contribution in [0.2, 0.25) is 0 Å². The molecule has 2 saturated heterocycles. The molecule has 1 N–H and O–H groups in total. The van der Waals surface area contributed by atoms with Gasteiger partial charge < -0.3 is 15.0 Å². The Kier molecular flexibility index (Phi) is 5.27. The Labute approximate surface area is 140 Å². The molecule has 0 bridgehead atoms. The molecular weight excluding hydrogens is 317 g/mol. The lowest BCUT2D eigenvalue weighted by Gasteiger charge is -2.24. The lowest BCUT2D eigenvalue weighted by Crippen LogP contribution is -2.29. The zero-order valence-electron chi connectivity index (χ0n) is 13.3. The first-order chi connectivity index (χ1) is 11.2. The van der Waals surface area contributed by atoms with E-state index < -0.39 is 6.09 Å². The minimum Gasteiger partial charge on any atom is -0.443 e. The second-order valence-corrected chi connectivity index (χ2v) is 6.99. The van der Waals surface area contributed by atoms with Gasteiger partial charge in [0.05, 0.1) is 17.9 Å². The maximum absolute atomic E-state index is 14.6. The number of carbonyl (C=O) groups excluding carboxylic acids is 1. The average Bonchev–Trinajstić information content (AvgIpc) is 2.75. The van der Waals surface area contributed by atoms with Gasteiger partial charge in [-0.05, 0) is 37.4 Å². The SMILES string of the molecule is CNCC1CN(c2ccc(N3CCCSCC3)c(F)c2)C(=O)O1. The van der Waals surface area contributed by atoms with Gasteiger partial charge in [0.1, 0.15) is 11.9 Å². The number of halogens is 1. The lowest BCUT2D eigenvalue weighted by molar-refractivity contribution is 0.141. The van der Waals surface area contributed by atoms with E-state index >= 15 is 0 Å². The zero-order chi connectivity index (χ0) is 16.2. The maximum atomic E-state index is 14.6. The van der Waals surface area contributed by atoms with Gasteiger partial charge in [0, 0.05) is 25.4 Å². The highest BCUT2D eigenvalue weighted by molar-refractivity contribution is 7.99. The van der Waals surface area contributed by atoms with Gasteiger partial charge in [-0.1, -0.05) is 0 Å². The first kappa shape index (κ1) is 16.4. The topological polar surface area (TPSA) is 44.8 Å². The van der Waals surface area contributed by atoms with Gasteiger partial charge in [0.2, 0.25) is 0 Å². The van der Waals surface area contributed by atoms with Crippen LogP contribution in [0.5, 0.6) is 0 Å². The van der Waals surface area contributed by atoms with Crippen molar-refractivity contribution in [1.82, 2.24) is 5.32 Å². The van der Waals surface area contributed by atoms with Crippen molar-refractivity contribution >= 4 is 29.2 Å². The quantitative estimate of drug-likeness (QED) is 0.912. The predicted octanol–water partition coefficient (Wildman–Crippen LogP) is 2.31. The van der Waals surface area contributed by atoms with E-state index in [4.69, 9.17) is 4.74 Å². The summed E-state index contributed by atoms with van der Waals surface area (Å²) in [7, 11) is 1.81. The molecule has 7 heteroatoms. The van der Waals surface area contributed by atoms with Crippen molar-refractivity contribution in [3.63, 3.8) is 0 Å². The number of amides is 1. The molecule has 1 aromatic carbocycles. The Morgan fingerprint density at radius 3 is 3.04 bits per heavy atom. The fraction of sp³-hybridized carbons (Fsp3) is 0.562. The molecule has 2 aliphatic heterocycles. The predicted molar refractivity (Wildman–Crippen MR) is 92.1 cm³/mol. The first-order valence-corrected chi connectivity index (χ1v) is 9.09. The van der Waals surface area contributed by atoms with Gasteiger partial charge in [-0.3, -0.25) is 4.90 Å². The number of hydrogen-bond acceptors (Lipinski definition) is 5. The maximum Gasteiger partial charge on any atom is 0.414 e. The number of ether oxygens (including phenoxy) is 1. The van der Waals surface area contributed by atoms with Gasteiger partial charge in [0.15, 0.2) is 0 Å². The summed E-state index contributed by atoms with van der Waals surface area (Å²) in [6.07, 6.45) is 0.456. The van der Waals surface area contributed by atoms with E-state index in [2.05, 4.69) is 10.2 Å². The van der Waals surface area contributed by atoms with Crippen LogP contribution in [-0.4, -0.2) is 56.9 Å². The van der Waals surface area contributed by atoms with Crippen LogP contribution in [0.4, 0.5) is 20.6 Å². The van der Waals surface area contributed by atoms with Crippen LogP contribution in [0.1, 0.15) is 6.42 Å². The van der Waals surface area contributed by atoms with Crippen LogP contribution >= 0.6 is 11.8 Å². The van der Waals surface area contributed by atoms with E-state index in [0.29, 0.717) is 24.5 Å². The largest absolute Gasteiger partial charge is 0.443 e. The molecule has 0 spiro atoms. The number of benzene rings is 1. The van der Waals surface area contributed by atoms with Crippen LogP contribution in [-0.2, 0) is 4.74 Å². The minimum absolute atomic E-state index is 0.196. The molecule has 126 valence electrons. The minimum atomic E-state index is -0.413. The molecule has 1 aromatic rings. The molecule has 5 nitrogen and oxygen atoms in total. The van der Waals surface area contributed by atoms with Crippen molar-refractivity contribution in [3.8, 4) is 0 Å². The highest BCUT2D eigenvalue weighted by Crippen LogP contribution is 2.29. The van der Waals surface area contributed by atoms with Gasteiger partial charge in [-0.25, -0.2) is 9.18 Å². The third kappa shape index (κ3) is 3.72. The molecular formula is C16H22FN3O2S. The van der Waals surface area contributed by atoms with Crippen molar-refractivity contribution in [1.29, 1.82) is 0 Å². The first-order valence-electron chi connectivity index (χ1n) is 7.94. The van der Waals surface area contributed by atoms with Crippen molar-refractivity contribution in [3.05, 3.63) is 24.0 Å². The number of nitrogens with zero attached hydrogens (tertiary/aromatic N) is 2. The molecule has 1 amide bonds. The lowest BCUT2D eigenvalue weighted by atomic mass is 10.2. The van der Waals surface area contributed by atoms with Crippen LogP contribution in [0.25, 0.3) is 0 Å². The number of thioether (sulfide) groups is 1. The molecule has 0 aliphatic carbocycles. The number of likely N-dealkylation sites (N-methyl/N-ethyl adjacent to an activating group) is 1. The van der Waals surface area contributed by atoms with Crippen LogP contribution in [0, 0.1) is 5.82 Å². The van der Waals surface area contributed by atoms with Crippen LogP contribution < -0.4 is 15.1 Å². The molecule has 1 unspecified atom stereocenters. The van der Waals surface area contributed by atoms with Crippen LogP contribution in [0.3, 0.4) is 0 Å². The summed E-state index contributed by atoms with van der Waals surface area (Å²) in [5, 5.41) is 2.99. The Hall–Kier alpha value is -1.47. The van der Waals surface area contributed by atoms with Crippen molar-refractivity contribution in [2.75, 3.05) is 54.5 Å². The summed E-state index contributed by atoms with van der Waals surface area (Å²) in [5.74, 6) is 1.87. The number of cyclic esters (lactones) is 1. The van der Waals surface area contributed by atoms with Crippen LogP contribution in [0.15, 0.2) is 18.2 Å². The number of hydrogen-bond donors (Lipinski definition) is 1. The molecule has 2 heterocycles. The summed E-state index contributed by atoms with van der Waals surface area (Å²) in [5.41, 5.74) is 1.18. The average molecular weight is 339 g/mol. The summed E-state index contributed by atoms with van der Waals surface area (Å²) in [4.78, 5) is 15.5. The van der Waals surface area contributed by atoms with Gasteiger partial charge >= 0.3 is 6.09 Å². The smallest absolute Gasteiger partial charge is 0.414 e. The number of nitrogens with one attached hydrogen (secondary N) is 1. The van der Waals surface area contributed by atoms with Gasteiger partial charge in [0.25, 0.3) is 0 Å². The molecule has 0 aromatic heterocycles. The van der Waals surface area contributed by atoms with E-state index in [0.717, 1.165) is 31.0 Å². The van der Waals surface area contributed by atoms with Gasteiger partial charge in [-0.2, -0.15) is 11.8 Å². The Balaban J connectivity index is 1.75. The highest BCUT2D eigenvalue weighted by atomic mass is 32.2. The second kappa shape index (κ2) is 7.40. The van der Waals surface area contributed by atoms with Crippen molar-refractivity contribution in [2.24, 2.45) is 0 Å². The molecule has 0 saturated carbocycles. The third-order valence-corrected chi connectivity index (χ3v) is 5.16. The third-order valence-electron chi connectivity index (χ3n) is 4.11. The molecule has 2 aliphatic rings. The Morgan fingerprint density at radius 1 is 1.39 bits per heavy atom. The summed E-state index contributed by atoms with van der Waals surface area (Å²) in [6.45, 7) is 2.77. The summed E-state index contributed by atoms with van der Waals surface area (Å²) >= 11 is 1.91. The number of anilines is 2. The van der Waals surface area contributed by atoms with E-state index in [9.17, 15) is 9.18 Å². The molecule has 0 radical (unpaired) electrons. The molecule has 3 rings (SSSR count). The monoisotopic (exact) mass is 339 g/mol. The Morgan fingerprint density at radius 2 is 2.26 bits per heavy atom. The number of carbonyl (C=O) groups is 1. The van der Waals surface area contributed by atoms with E-state index in [1.165, 1.54) is 11.0 Å². The van der Waals surface area contributed by atoms with Crippen molar-refractivity contribution < 1.29 is 13.9 Å². The molecule has 2 fully saturated rings. The summed E-state index contributed by atoms with van der Waals surface area (Å²) < 4.78 is 19.8.